The van der Waals surface area contributed by atoms with E-state index in [-0.39, 0.29) is 5.56 Å². The molecule has 4 nitrogen and oxygen atoms in total. The molecule has 2 aromatic carbocycles. The third kappa shape index (κ3) is 3.46. The molecule has 0 bridgehead atoms. The summed E-state index contributed by atoms with van der Waals surface area (Å²) in [6.07, 6.45) is 0.835. The second-order valence-corrected chi connectivity index (χ2v) is 7.12. The third-order valence-electron chi connectivity index (χ3n) is 4.56. The van der Waals surface area contributed by atoms with Gasteiger partial charge in [-0.05, 0) is 54.2 Å². The van der Waals surface area contributed by atoms with Gasteiger partial charge in [0, 0.05) is 17.6 Å². The lowest BCUT2D eigenvalue weighted by atomic mass is 9.90. The standard InChI is InChI=1S/C22H24N2O2/c1-13(2)10-20-18(12-23)21(15-6-4-14(3)5-7-15)17-11-16(22(25)26)8-9-19(17)24-20/h4-9,11,13H,10,12,23H2,1-3H3,(H,25,26). The number of aryl methyl sites for hydroxylation is 1. The van der Waals surface area contributed by atoms with Crippen molar-refractivity contribution in [2.45, 2.75) is 33.7 Å². The molecule has 26 heavy (non-hydrogen) atoms. The van der Waals surface area contributed by atoms with Crippen LogP contribution in [0.2, 0.25) is 0 Å². The lowest BCUT2D eigenvalue weighted by molar-refractivity contribution is 0.0697. The van der Waals surface area contributed by atoms with Gasteiger partial charge in [0.2, 0.25) is 0 Å². The van der Waals surface area contributed by atoms with E-state index in [1.165, 1.54) is 5.56 Å². The molecule has 0 amide bonds. The number of hydrogen-bond acceptors (Lipinski definition) is 3. The molecule has 3 N–H and O–H groups in total. The van der Waals surface area contributed by atoms with Gasteiger partial charge >= 0.3 is 5.97 Å². The van der Waals surface area contributed by atoms with Crippen molar-refractivity contribution >= 4 is 16.9 Å². The van der Waals surface area contributed by atoms with Crippen LogP contribution in [0, 0.1) is 12.8 Å². The summed E-state index contributed by atoms with van der Waals surface area (Å²) in [4.78, 5) is 16.3. The van der Waals surface area contributed by atoms with E-state index in [2.05, 4.69) is 38.1 Å². The molecule has 0 radical (unpaired) electrons. The molecule has 0 fully saturated rings. The smallest absolute Gasteiger partial charge is 0.335 e. The first-order chi connectivity index (χ1) is 12.4. The Hall–Kier alpha value is -2.72. The average molecular weight is 348 g/mol. The highest BCUT2D eigenvalue weighted by Crippen LogP contribution is 2.34. The highest BCUT2D eigenvalue weighted by molar-refractivity contribution is 6.01. The third-order valence-corrected chi connectivity index (χ3v) is 4.56. The highest BCUT2D eigenvalue weighted by atomic mass is 16.4. The van der Waals surface area contributed by atoms with Gasteiger partial charge in [-0.25, -0.2) is 4.79 Å². The van der Waals surface area contributed by atoms with Crippen molar-refractivity contribution < 1.29 is 9.90 Å². The molecule has 4 heteroatoms. The molecule has 0 unspecified atom stereocenters. The van der Waals surface area contributed by atoms with E-state index in [9.17, 15) is 9.90 Å². The van der Waals surface area contributed by atoms with E-state index in [1.54, 1.807) is 18.2 Å². The van der Waals surface area contributed by atoms with Crippen LogP contribution in [0.15, 0.2) is 42.5 Å². The Bertz CT molecular complexity index is 960. The van der Waals surface area contributed by atoms with Crippen molar-refractivity contribution in [2.24, 2.45) is 11.7 Å². The zero-order valence-corrected chi connectivity index (χ0v) is 15.4. The van der Waals surface area contributed by atoms with Crippen molar-refractivity contribution in [3.8, 4) is 11.1 Å². The molecule has 0 atom stereocenters. The van der Waals surface area contributed by atoms with Gasteiger partial charge in [0.05, 0.1) is 11.1 Å². The predicted molar refractivity (Wildman–Crippen MR) is 105 cm³/mol. The summed E-state index contributed by atoms with van der Waals surface area (Å²) in [5, 5.41) is 10.2. The number of hydrogen-bond donors (Lipinski definition) is 2. The minimum Gasteiger partial charge on any atom is -0.478 e. The van der Waals surface area contributed by atoms with Crippen LogP contribution in [-0.4, -0.2) is 16.1 Å². The molecule has 3 aromatic rings. The fourth-order valence-electron chi connectivity index (χ4n) is 3.31. The van der Waals surface area contributed by atoms with Gasteiger partial charge in [0.1, 0.15) is 0 Å². The lowest BCUT2D eigenvalue weighted by Gasteiger charge is -2.18. The van der Waals surface area contributed by atoms with E-state index >= 15 is 0 Å². The Morgan fingerprint density at radius 1 is 1.15 bits per heavy atom. The minimum absolute atomic E-state index is 0.257. The van der Waals surface area contributed by atoms with E-state index in [0.29, 0.717) is 12.5 Å². The molecule has 1 aromatic heterocycles. The Labute approximate surface area is 153 Å². The topological polar surface area (TPSA) is 76.2 Å². The van der Waals surface area contributed by atoms with Crippen molar-refractivity contribution in [3.63, 3.8) is 0 Å². The predicted octanol–water partition coefficient (Wildman–Crippen LogP) is 4.57. The van der Waals surface area contributed by atoms with E-state index in [0.717, 1.165) is 39.7 Å². The number of aromatic nitrogens is 1. The van der Waals surface area contributed by atoms with Gasteiger partial charge in [-0.15, -0.1) is 0 Å². The second-order valence-electron chi connectivity index (χ2n) is 7.12. The fourth-order valence-corrected chi connectivity index (χ4v) is 3.31. The summed E-state index contributed by atoms with van der Waals surface area (Å²) in [7, 11) is 0. The normalized spacial score (nSPS) is 11.3. The number of carboxylic acids is 1. The molecule has 0 aliphatic carbocycles. The maximum Gasteiger partial charge on any atom is 0.335 e. The van der Waals surface area contributed by atoms with Crippen molar-refractivity contribution in [3.05, 3.63) is 64.8 Å². The summed E-state index contributed by atoms with van der Waals surface area (Å²) in [5.74, 6) is -0.489. The number of carbonyl (C=O) groups is 1. The van der Waals surface area contributed by atoms with Gasteiger partial charge in [-0.2, -0.15) is 0 Å². The first-order valence-corrected chi connectivity index (χ1v) is 8.86. The quantitative estimate of drug-likeness (QED) is 0.708. The molecule has 134 valence electrons. The lowest BCUT2D eigenvalue weighted by Crippen LogP contribution is -2.10. The second kappa shape index (κ2) is 7.26. The monoisotopic (exact) mass is 348 g/mol. The van der Waals surface area contributed by atoms with E-state index in [1.807, 2.05) is 6.92 Å². The number of benzene rings is 2. The van der Waals surface area contributed by atoms with Gasteiger partial charge in [0.25, 0.3) is 0 Å². The Kier molecular flexibility index (Phi) is 5.05. The van der Waals surface area contributed by atoms with Gasteiger partial charge in [0.15, 0.2) is 0 Å². The van der Waals surface area contributed by atoms with Crippen LogP contribution in [0.25, 0.3) is 22.0 Å². The maximum absolute atomic E-state index is 11.5. The van der Waals surface area contributed by atoms with E-state index < -0.39 is 5.97 Å². The Morgan fingerprint density at radius 2 is 1.85 bits per heavy atom. The maximum atomic E-state index is 11.5. The molecule has 0 saturated carbocycles. The first kappa shape index (κ1) is 18.1. The molecule has 0 spiro atoms. The van der Waals surface area contributed by atoms with Crippen LogP contribution in [-0.2, 0) is 13.0 Å². The summed E-state index contributed by atoms with van der Waals surface area (Å²) in [6, 6.07) is 13.4. The largest absolute Gasteiger partial charge is 0.478 e. The van der Waals surface area contributed by atoms with Crippen LogP contribution in [0.3, 0.4) is 0 Å². The van der Waals surface area contributed by atoms with Crippen LogP contribution in [0.1, 0.15) is 41.0 Å². The summed E-state index contributed by atoms with van der Waals surface area (Å²) >= 11 is 0. The number of nitrogens with zero attached hydrogens (tertiary/aromatic N) is 1. The zero-order chi connectivity index (χ0) is 18.8. The minimum atomic E-state index is -0.942. The van der Waals surface area contributed by atoms with Crippen LogP contribution in [0.5, 0.6) is 0 Å². The summed E-state index contributed by atoms with van der Waals surface area (Å²) in [6.45, 7) is 6.73. The van der Waals surface area contributed by atoms with Crippen LogP contribution < -0.4 is 5.73 Å². The van der Waals surface area contributed by atoms with E-state index in [4.69, 9.17) is 10.7 Å². The zero-order valence-electron chi connectivity index (χ0n) is 15.4. The van der Waals surface area contributed by atoms with Gasteiger partial charge < -0.3 is 10.8 Å². The molecule has 1 heterocycles. The number of nitrogens with two attached hydrogens (primary N) is 1. The molecule has 3 rings (SSSR count). The van der Waals surface area contributed by atoms with Crippen LogP contribution >= 0.6 is 0 Å². The number of fused-ring (bicyclic) bond motifs is 1. The van der Waals surface area contributed by atoms with Crippen molar-refractivity contribution in [2.75, 3.05) is 0 Å². The molecule has 0 aliphatic rings. The average Bonchev–Trinajstić information content (AvgIpc) is 2.60. The SMILES string of the molecule is Cc1ccc(-c2c(CN)c(CC(C)C)nc3ccc(C(=O)O)cc23)cc1. The first-order valence-electron chi connectivity index (χ1n) is 8.86. The Balaban J connectivity index is 2.38. The van der Waals surface area contributed by atoms with Gasteiger partial charge in [-0.3, -0.25) is 4.98 Å². The van der Waals surface area contributed by atoms with Crippen LogP contribution in [0.4, 0.5) is 0 Å². The molecule has 0 saturated heterocycles. The number of carboxylic acid groups (broad SMARTS) is 1. The summed E-state index contributed by atoms with van der Waals surface area (Å²) in [5.41, 5.74) is 12.4. The summed E-state index contributed by atoms with van der Waals surface area (Å²) < 4.78 is 0. The van der Waals surface area contributed by atoms with Gasteiger partial charge in [-0.1, -0.05) is 43.7 Å². The fraction of sp³-hybridized carbons (Fsp3) is 0.273. The number of rotatable bonds is 5. The Morgan fingerprint density at radius 3 is 2.42 bits per heavy atom. The molecular weight excluding hydrogens is 324 g/mol. The molecular formula is C22H24N2O2. The highest BCUT2D eigenvalue weighted by Gasteiger charge is 2.18. The molecule has 0 aliphatic heterocycles. The van der Waals surface area contributed by atoms with Crippen molar-refractivity contribution in [1.82, 2.24) is 4.98 Å². The number of pyridine rings is 1. The van der Waals surface area contributed by atoms with Crippen molar-refractivity contribution in [1.29, 1.82) is 0 Å². The number of aromatic carboxylic acids is 1.